The number of hydrogen-bond acceptors (Lipinski definition) is 5. The van der Waals surface area contributed by atoms with E-state index < -0.39 is 0 Å². The second-order valence-electron chi connectivity index (χ2n) is 5.21. The third kappa shape index (κ3) is 3.73. The SMILES string of the molecule is O=C(NC1CCC(Oc2ccc(Cl)cn2)CC1)c1ncn[nH]1. The topological polar surface area (TPSA) is 92.8 Å². The van der Waals surface area contributed by atoms with Gasteiger partial charge in [0.1, 0.15) is 12.4 Å². The smallest absolute Gasteiger partial charge is 0.288 e. The van der Waals surface area contributed by atoms with E-state index in [1.807, 2.05) is 0 Å². The van der Waals surface area contributed by atoms with E-state index >= 15 is 0 Å². The summed E-state index contributed by atoms with van der Waals surface area (Å²) < 4.78 is 5.82. The molecule has 2 heterocycles. The predicted octanol–water partition coefficient (Wildman–Crippen LogP) is 1.97. The van der Waals surface area contributed by atoms with Crippen LogP contribution in [0.2, 0.25) is 5.02 Å². The molecule has 1 amide bonds. The van der Waals surface area contributed by atoms with E-state index in [4.69, 9.17) is 16.3 Å². The van der Waals surface area contributed by atoms with Crippen LogP contribution in [0.4, 0.5) is 0 Å². The summed E-state index contributed by atoms with van der Waals surface area (Å²) in [5.74, 6) is 0.600. The molecule has 3 rings (SSSR count). The molecule has 8 heteroatoms. The number of ether oxygens (including phenoxy) is 1. The maximum Gasteiger partial charge on any atom is 0.288 e. The molecule has 0 bridgehead atoms. The lowest BCUT2D eigenvalue weighted by molar-refractivity contribution is 0.0880. The van der Waals surface area contributed by atoms with Gasteiger partial charge in [-0.05, 0) is 31.7 Å². The minimum atomic E-state index is -0.221. The molecular formula is C14H16ClN5O2. The number of hydrogen-bond donors (Lipinski definition) is 2. The Morgan fingerprint density at radius 1 is 1.27 bits per heavy atom. The van der Waals surface area contributed by atoms with Crippen molar-refractivity contribution in [2.45, 2.75) is 37.8 Å². The number of amides is 1. The fourth-order valence-electron chi connectivity index (χ4n) is 2.50. The van der Waals surface area contributed by atoms with Gasteiger partial charge in [-0.1, -0.05) is 11.6 Å². The van der Waals surface area contributed by atoms with E-state index in [1.165, 1.54) is 6.33 Å². The number of nitrogens with zero attached hydrogens (tertiary/aromatic N) is 3. The van der Waals surface area contributed by atoms with Crippen LogP contribution in [0.1, 0.15) is 36.3 Å². The number of aromatic amines is 1. The van der Waals surface area contributed by atoms with Gasteiger partial charge in [-0.2, -0.15) is 5.10 Å². The molecule has 0 aromatic carbocycles. The van der Waals surface area contributed by atoms with E-state index in [2.05, 4.69) is 25.5 Å². The number of rotatable bonds is 4. The van der Waals surface area contributed by atoms with Crippen molar-refractivity contribution < 1.29 is 9.53 Å². The highest BCUT2D eigenvalue weighted by Crippen LogP contribution is 2.23. The maximum absolute atomic E-state index is 11.9. The van der Waals surface area contributed by atoms with Crippen molar-refractivity contribution >= 4 is 17.5 Å². The Kier molecular flexibility index (Phi) is 4.53. The van der Waals surface area contributed by atoms with Crippen LogP contribution >= 0.6 is 11.6 Å². The van der Waals surface area contributed by atoms with E-state index in [0.29, 0.717) is 10.9 Å². The first kappa shape index (κ1) is 14.8. The number of halogens is 1. The first-order valence-corrected chi connectivity index (χ1v) is 7.53. The molecule has 2 aromatic rings. The number of H-pyrrole nitrogens is 1. The molecule has 0 saturated heterocycles. The van der Waals surface area contributed by atoms with Gasteiger partial charge < -0.3 is 10.1 Å². The monoisotopic (exact) mass is 321 g/mol. The maximum atomic E-state index is 11.9. The van der Waals surface area contributed by atoms with Crippen molar-refractivity contribution in [1.82, 2.24) is 25.5 Å². The summed E-state index contributed by atoms with van der Waals surface area (Å²) in [7, 11) is 0. The third-order valence-electron chi connectivity index (χ3n) is 3.63. The average Bonchev–Trinajstić information content (AvgIpc) is 3.06. The van der Waals surface area contributed by atoms with Crippen molar-refractivity contribution in [1.29, 1.82) is 0 Å². The third-order valence-corrected chi connectivity index (χ3v) is 3.85. The van der Waals surface area contributed by atoms with Gasteiger partial charge >= 0.3 is 0 Å². The second kappa shape index (κ2) is 6.74. The van der Waals surface area contributed by atoms with E-state index in [9.17, 15) is 4.79 Å². The molecule has 1 aliphatic rings. The van der Waals surface area contributed by atoms with Crippen LogP contribution in [0.25, 0.3) is 0 Å². The quantitative estimate of drug-likeness (QED) is 0.898. The van der Waals surface area contributed by atoms with Gasteiger partial charge in [0.05, 0.1) is 5.02 Å². The van der Waals surface area contributed by atoms with Crippen LogP contribution < -0.4 is 10.1 Å². The van der Waals surface area contributed by atoms with Crippen molar-refractivity contribution in [2.24, 2.45) is 0 Å². The van der Waals surface area contributed by atoms with E-state index in [0.717, 1.165) is 25.7 Å². The molecule has 22 heavy (non-hydrogen) atoms. The number of nitrogens with one attached hydrogen (secondary N) is 2. The molecular weight excluding hydrogens is 306 g/mol. The van der Waals surface area contributed by atoms with Crippen molar-refractivity contribution in [3.8, 4) is 5.88 Å². The summed E-state index contributed by atoms with van der Waals surface area (Å²) in [6.45, 7) is 0. The molecule has 7 nitrogen and oxygen atoms in total. The zero-order valence-electron chi connectivity index (χ0n) is 11.8. The fraction of sp³-hybridized carbons (Fsp3) is 0.429. The summed E-state index contributed by atoms with van der Waals surface area (Å²) in [5, 5.41) is 9.76. The van der Waals surface area contributed by atoms with Gasteiger partial charge in [0.25, 0.3) is 5.91 Å². The van der Waals surface area contributed by atoms with E-state index in [-0.39, 0.29) is 23.9 Å². The molecule has 2 N–H and O–H groups in total. The Bertz CT molecular complexity index is 609. The number of aromatic nitrogens is 4. The number of pyridine rings is 1. The Labute approximate surface area is 132 Å². The molecule has 1 fully saturated rings. The Hall–Kier alpha value is -2.15. The molecule has 0 aliphatic heterocycles. The normalized spacial score (nSPS) is 21.3. The molecule has 116 valence electrons. The summed E-state index contributed by atoms with van der Waals surface area (Å²) in [6.07, 6.45) is 6.46. The second-order valence-corrected chi connectivity index (χ2v) is 5.65. The number of carbonyl (C=O) groups is 1. The minimum absolute atomic E-state index is 0.118. The first-order chi connectivity index (χ1) is 10.7. The highest BCUT2D eigenvalue weighted by Gasteiger charge is 2.24. The van der Waals surface area contributed by atoms with Crippen molar-refractivity contribution in [2.75, 3.05) is 0 Å². The molecule has 2 aromatic heterocycles. The molecule has 0 spiro atoms. The zero-order chi connectivity index (χ0) is 15.4. The standard InChI is InChI=1S/C14H16ClN5O2/c15-9-1-6-12(16-7-9)22-11-4-2-10(3-5-11)19-14(21)13-17-8-18-20-13/h1,6-8,10-11H,2-5H2,(H,19,21)(H,17,18,20). The lowest BCUT2D eigenvalue weighted by Gasteiger charge is -2.28. The summed E-state index contributed by atoms with van der Waals surface area (Å²) in [6, 6.07) is 3.66. The molecule has 1 saturated carbocycles. The lowest BCUT2D eigenvalue weighted by Crippen LogP contribution is -2.40. The summed E-state index contributed by atoms with van der Waals surface area (Å²) in [4.78, 5) is 19.8. The van der Waals surface area contributed by atoms with Crippen LogP contribution in [0.15, 0.2) is 24.7 Å². The lowest BCUT2D eigenvalue weighted by atomic mass is 9.93. The highest BCUT2D eigenvalue weighted by atomic mass is 35.5. The number of carbonyl (C=O) groups excluding carboxylic acids is 1. The molecule has 1 aliphatic carbocycles. The first-order valence-electron chi connectivity index (χ1n) is 7.15. The summed E-state index contributed by atoms with van der Waals surface area (Å²) in [5.41, 5.74) is 0. The Morgan fingerprint density at radius 2 is 2.09 bits per heavy atom. The minimum Gasteiger partial charge on any atom is -0.474 e. The van der Waals surface area contributed by atoms with Crippen LogP contribution in [0.3, 0.4) is 0 Å². The van der Waals surface area contributed by atoms with Crippen molar-refractivity contribution in [3.63, 3.8) is 0 Å². The molecule has 0 radical (unpaired) electrons. The Morgan fingerprint density at radius 3 is 2.73 bits per heavy atom. The Balaban J connectivity index is 1.46. The predicted molar refractivity (Wildman–Crippen MR) is 79.8 cm³/mol. The van der Waals surface area contributed by atoms with Gasteiger partial charge in [-0.15, -0.1) is 0 Å². The van der Waals surface area contributed by atoms with Crippen LogP contribution in [0.5, 0.6) is 5.88 Å². The molecule has 0 unspecified atom stereocenters. The zero-order valence-corrected chi connectivity index (χ0v) is 12.6. The van der Waals surface area contributed by atoms with Crippen LogP contribution in [0, 0.1) is 0 Å². The van der Waals surface area contributed by atoms with E-state index in [1.54, 1.807) is 18.3 Å². The van der Waals surface area contributed by atoms with Crippen LogP contribution in [-0.4, -0.2) is 38.2 Å². The van der Waals surface area contributed by atoms with Gasteiger partial charge in [0.2, 0.25) is 11.7 Å². The van der Waals surface area contributed by atoms with Gasteiger partial charge in [-0.25, -0.2) is 9.97 Å². The van der Waals surface area contributed by atoms with Gasteiger partial charge in [-0.3, -0.25) is 9.89 Å². The van der Waals surface area contributed by atoms with Crippen LogP contribution in [-0.2, 0) is 0 Å². The van der Waals surface area contributed by atoms with Gasteiger partial charge in [0, 0.05) is 18.3 Å². The summed E-state index contributed by atoms with van der Waals surface area (Å²) >= 11 is 5.79. The van der Waals surface area contributed by atoms with Crippen molar-refractivity contribution in [3.05, 3.63) is 35.5 Å². The highest BCUT2D eigenvalue weighted by molar-refractivity contribution is 6.30. The van der Waals surface area contributed by atoms with Gasteiger partial charge in [0.15, 0.2) is 0 Å². The molecule has 0 atom stereocenters. The largest absolute Gasteiger partial charge is 0.474 e. The fourth-order valence-corrected chi connectivity index (χ4v) is 2.61. The average molecular weight is 322 g/mol.